The molecule has 1 heterocycles. The summed E-state index contributed by atoms with van der Waals surface area (Å²) in [6.07, 6.45) is 1.65. The van der Waals surface area contributed by atoms with Crippen molar-refractivity contribution in [3.63, 3.8) is 0 Å². The molecule has 3 aromatic rings. The summed E-state index contributed by atoms with van der Waals surface area (Å²) in [5.41, 5.74) is 1.26. The number of hydrogen-bond acceptors (Lipinski definition) is 4. The van der Waals surface area contributed by atoms with E-state index in [0.717, 1.165) is 8.96 Å². The van der Waals surface area contributed by atoms with Crippen LogP contribution in [0.1, 0.15) is 18.5 Å². The Kier molecular flexibility index (Phi) is 5.83. The molecule has 26 heavy (non-hydrogen) atoms. The summed E-state index contributed by atoms with van der Waals surface area (Å²) in [4.78, 5) is 16.6. The van der Waals surface area contributed by atoms with E-state index in [0.29, 0.717) is 21.9 Å². The van der Waals surface area contributed by atoms with Gasteiger partial charge in [-0.15, -0.1) is 0 Å². The molecule has 1 aromatic heterocycles. The lowest BCUT2D eigenvalue weighted by Crippen LogP contribution is -2.31. The van der Waals surface area contributed by atoms with Crippen LogP contribution < -0.4 is 10.1 Å². The number of ether oxygens (including phenoxy) is 1. The summed E-state index contributed by atoms with van der Waals surface area (Å²) in [5, 5.41) is 14.0. The number of benzene rings is 2. The quantitative estimate of drug-likeness (QED) is 0.527. The van der Waals surface area contributed by atoms with Gasteiger partial charge in [-0.1, -0.05) is 29.8 Å². The fourth-order valence-electron chi connectivity index (χ4n) is 2.64. The van der Waals surface area contributed by atoms with E-state index in [-0.39, 0.29) is 24.3 Å². The Balaban J connectivity index is 1.72. The van der Waals surface area contributed by atoms with Gasteiger partial charge < -0.3 is 15.2 Å². The first-order chi connectivity index (χ1) is 12.5. The number of nitrogens with one attached hydrogen (secondary N) is 1. The van der Waals surface area contributed by atoms with Crippen molar-refractivity contribution >= 4 is 51.0 Å². The van der Waals surface area contributed by atoms with Crippen LogP contribution in [-0.4, -0.2) is 22.6 Å². The zero-order valence-electron chi connectivity index (χ0n) is 13.9. The number of halogens is 2. The second-order valence-corrected chi connectivity index (χ2v) is 7.27. The molecule has 0 unspecified atom stereocenters. The zero-order valence-corrected chi connectivity index (χ0v) is 16.8. The van der Waals surface area contributed by atoms with Crippen molar-refractivity contribution in [3.8, 4) is 11.5 Å². The Hall–Kier alpha value is -2.06. The van der Waals surface area contributed by atoms with Crippen LogP contribution in [0.4, 0.5) is 0 Å². The number of fused-ring (bicyclic) bond motifs is 1. The van der Waals surface area contributed by atoms with Crippen molar-refractivity contribution in [1.82, 2.24) is 10.3 Å². The van der Waals surface area contributed by atoms with Crippen molar-refractivity contribution < 1.29 is 14.6 Å². The van der Waals surface area contributed by atoms with Crippen LogP contribution in [0, 0.1) is 3.57 Å². The van der Waals surface area contributed by atoms with Gasteiger partial charge in [0, 0.05) is 17.1 Å². The molecule has 2 aromatic carbocycles. The number of amides is 1. The molecule has 0 bridgehead atoms. The van der Waals surface area contributed by atoms with Crippen LogP contribution in [0.2, 0.25) is 5.02 Å². The number of phenols is 1. The van der Waals surface area contributed by atoms with E-state index < -0.39 is 0 Å². The fourth-order valence-corrected chi connectivity index (χ4v) is 3.80. The van der Waals surface area contributed by atoms with Gasteiger partial charge in [-0.3, -0.25) is 9.78 Å². The molecule has 0 aliphatic rings. The molecule has 3 rings (SSSR count). The van der Waals surface area contributed by atoms with Crippen LogP contribution >= 0.6 is 34.2 Å². The molecule has 0 spiro atoms. The average molecular weight is 483 g/mol. The summed E-state index contributed by atoms with van der Waals surface area (Å²) >= 11 is 8.35. The lowest BCUT2D eigenvalue weighted by atomic mass is 10.1. The SMILES string of the molecule is C[C@@H](NC(=O)COc1c(I)cc(Cl)c2cccnc12)c1ccccc1O. The maximum atomic E-state index is 12.3. The highest BCUT2D eigenvalue weighted by molar-refractivity contribution is 14.1. The van der Waals surface area contributed by atoms with Crippen molar-refractivity contribution in [2.45, 2.75) is 13.0 Å². The summed E-state index contributed by atoms with van der Waals surface area (Å²) in [6.45, 7) is 1.64. The van der Waals surface area contributed by atoms with Gasteiger partial charge in [0.05, 0.1) is 14.6 Å². The fraction of sp³-hybridized carbons (Fsp3) is 0.158. The minimum Gasteiger partial charge on any atom is -0.508 e. The van der Waals surface area contributed by atoms with Crippen LogP contribution in [0.5, 0.6) is 11.5 Å². The highest BCUT2D eigenvalue weighted by Gasteiger charge is 2.16. The van der Waals surface area contributed by atoms with Gasteiger partial charge in [0.25, 0.3) is 5.91 Å². The van der Waals surface area contributed by atoms with E-state index in [9.17, 15) is 9.90 Å². The molecule has 0 saturated heterocycles. The minimum absolute atomic E-state index is 0.142. The van der Waals surface area contributed by atoms with Gasteiger partial charge in [-0.05, 0) is 53.8 Å². The molecule has 134 valence electrons. The number of pyridine rings is 1. The molecular weight excluding hydrogens is 467 g/mol. The molecule has 0 saturated carbocycles. The van der Waals surface area contributed by atoms with Crippen molar-refractivity contribution in [2.24, 2.45) is 0 Å². The molecule has 0 aliphatic carbocycles. The normalized spacial score (nSPS) is 12.0. The van der Waals surface area contributed by atoms with Crippen LogP contribution in [0.15, 0.2) is 48.7 Å². The number of para-hydroxylation sites is 1. The third-order valence-electron chi connectivity index (χ3n) is 3.88. The number of carbonyl (C=O) groups excluding carboxylic acids is 1. The Bertz CT molecular complexity index is 965. The smallest absolute Gasteiger partial charge is 0.258 e. The van der Waals surface area contributed by atoms with Crippen molar-refractivity contribution in [2.75, 3.05) is 6.61 Å². The second kappa shape index (κ2) is 8.09. The summed E-state index contributed by atoms with van der Waals surface area (Å²) in [7, 11) is 0. The Morgan fingerprint density at radius 2 is 2.12 bits per heavy atom. The third kappa shape index (κ3) is 4.02. The van der Waals surface area contributed by atoms with E-state index in [1.807, 2.05) is 12.1 Å². The summed E-state index contributed by atoms with van der Waals surface area (Å²) in [6, 6.07) is 12.0. The summed E-state index contributed by atoms with van der Waals surface area (Å²) < 4.78 is 6.51. The Labute approximate surface area is 169 Å². The van der Waals surface area contributed by atoms with Crippen LogP contribution in [0.25, 0.3) is 10.9 Å². The van der Waals surface area contributed by atoms with Gasteiger partial charge in [-0.25, -0.2) is 0 Å². The molecule has 0 radical (unpaired) electrons. The number of hydrogen-bond donors (Lipinski definition) is 2. The first-order valence-corrected chi connectivity index (χ1v) is 9.36. The topological polar surface area (TPSA) is 71.5 Å². The van der Waals surface area contributed by atoms with E-state index in [1.54, 1.807) is 43.5 Å². The monoisotopic (exact) mass is 482 g/mol. The maximum absolute atomic E-state index is 12.3. The largest absolute Gasteiger partial charge is 0.508 e. The van der Waals surface area contributed by atoms with Gasteiger partial charge in [0.1, 0.15) is 11.3 Å². The summed E-state index contributed by atoms with van der Waals surface area (Å²) in [5.74, 6) is 0.371. The van der Waals surface area contributed by atoms with Crippen molar-refractivity contribution in [3.05, 3.63) is 62.8 Å². The average Bonchev–Trinajstić information content (AvgIpc) is 2.61. The van der Waals surface area contributed by atoms with Gasteiger partial charge in [0.15, 0.2) is 12.4 Å². The first kappa shape index (κ1) is 18.7. The maximum Gasteiger partial charge on any atom is 0.258 e. The second-order valence-electron chi connectivity index (χ2n) is 5.71. The van der Waals surface area contributed by atoms with E-state index in [4.69, 9.17) is 16.3 Å². The van der Waals surface area contributed by atoms with Crippen molar-refractivity contribution in [1.29, 1.82) is 0 Å². The number of rotatable bonds is 5. The van der Waals surface area contributed by atoms with Gasteiger partial charge in [-0.2, -0.15) is 0 Å². The molecule has 7 heteroatoms. The third-order valence-corrected chi connectivity index (χ3v) is 4.99. The van der Waals surface area contributed by atoms with E-state index in [2.05, 4.69) is 32.9 Å². The zero-order chi connectivity index (χ0) is 18.7. The molecule has 5 nitrogen and oxygen atoms in total. The Morgan fingerprint density at radius 1 is 1.35 bits per heavy atom. The molecule has 0 fully saturated rings. The minimum atomic E-state index is -0.341. The molecule has 1 amide bonds. The number of phenolic OH excluding ortho intramolecular Hbond substituents is 1. The standard InChI is InChI=1S/C19H16ClIN2O3/c1-11(12-5-2-3-7-16(12)24)23-17(25)10-26-19-15(21)9-14(20)13-6-4-8-22-18(13)19/h2-9,11,24H,10H2,1H3,(H,23,25)/t11-/m1/s1. The highest BCUT2D eigenvalue weighted by Crippen LogP contribution is 2.34. The molecule has 2 N–H and O–H groups in total. The van der Waals surface area contributed by atoms with E-state index in [1.165, 1.54) is 0 Å². The van der Waals surface area contributed by atoms with Gasteiger partial charge >= 0.3 is 0 Å². The molecular formula is C19H16ClIN2O3. The molecule has 0 aliphatic heterocycles. The van der Waals surface area contributed by atoms with Crippen LogP contribution in [0.3, 0.4) is 0 Å². The molecule has 1 atom stereocenters. The first-order valence-electron chi connectivity index (χ1n) is 7.90. The predicted molar refractivity (Wildman–Crippen MR) is 110 cm³/mol. The number of aromatic nitrogens is 1. The number of carbonyl (C=O) groups is 1. The lowest BCUT2D eigenvalue weighted by Gasteiger charge is -2.16. The van der Waals surface area contributed by atoms with E-state index >= 15 is 0 Å². The highest BCUT2D eigenvalue weighted by atomic mass is 127. The van der Waals surface area contributed by atoms with Gasteiger partial charge in [0.2, 0.25) is 0 Å². The number of aromatic hydroxyl groups is 1. The predicted octanol–water partition coefficient (Wildman–Crippen LogP) is 4.45. The number of nitrogens with zero attached hydrogens (tertiary/aromatic N) is 1. The van der Waals surface area contributed by atoms with Crippen LogP contribution in [-0.2, 0) is 4.79 Å². The Morgan fingerprint density at radius 3 is 2.88 bits per heavy atom. The lowest BCUT2D eigenvalue weighted by molar-refractivity contribution is -0.123.